The third kappa shape index (κ3) is 8.80. The molecule has 1 saturated heterocycles. The standard InChI is InChI=1S/C34H41F3N4O3/c1-5-22-18-26(24-14-16-41(17-15-24)32(43)44-33(2,3)4)10-11-27(22)20-31-39-21-28(34(35,36)37)29(40-31)13-12-23-8-6-7-9-25(23)19-30(38)42/h6-11,18,21,24H,5,12-17,19-20H2,1-4H3,(H2,38,42). The predicted octanol–water partition coefficient (Wildman–Crippen LogP) is 6.58. The Morgan fingerprint density at radius 2 is 1.66 bits per heavy atom. The molecule has 0 atom stereocenters. The van der Waals surface area contributed by atoms with Crippen LogP contribution in [0.4, 0.5) is 18.0 Å². The van der Waals surface area contributed by atoms with E-state index in [-0.39, 0.29) is 31.0 Å². The first-order chi connectivity index (χ1) is 20.7. The first-order valence-electron chi connectivity index (χ1n) is 15.1. The molecule has 3 aromatic rings. The number of carbonyl (C=O) groups is 2. The van der Waals surface area contributed by atoms with E-state index in [1.807, 2.05) is 26.8 Å². The van der Waals surface area contributed by atoms with E-state index in [0.717, 1.165) is 42.1 Å². The van der Waals surface area contributed by atoms with Crippen LogP contribution in [0.15, 0.2) is 48.7 Å². The lowest BCUT2D eigenvalue weighted by Crippen LogP contribution is -2.41. The number of rotatable bonds is 9. The quantitative estimate of drug-likeness (QED) is 0.295. The molecule has 2 aromatic carbocycles. The molecule has 4 rings (SSSR count). The van der Waals surface area contributed by atoms with Crippen molar-refractivity contribution in [2.45, 2.75) is 90.3 Å². The molecule has 0 aliphatic carbocycles. The van der Waals surface area contributed by atoms with E-state index in [2.05, 4.69) is 29.0 Å². The van der Waals surface area contributed by atoms with E-state index in [1.165, 1.54) is 5.56 Å². The fraction of sp³-hybridized carbons (Fsp3) is 0.471. The van der Waals surface area contributed by atoms with Gasteiger partial charge in [-0.1, -0.05) is 49.4 Å². The van der Waals surface area contributed by atoms with Crippen molar-refractivity contribution < 1.29 is 27.5 Å². The second kappa shape index (κ2) is 13.8. The molecule has 1 aromatic heterocycles. The first kappa shape index (κ1) is 33.0. The number of aromatic nitrogens is 2. The Morgan fingerprint density at radius 3 is 2.27 bits per heavy atom. The van der Waals surface area contributed by atoms with Crippen LogP contribution in [-0.4, -0.2) is 45.6 Å². The van der Waals surface area contributed by atoms with Gasteiger partial charge in [0.05, 0.1) is 17.7 Å². The molecule has 10 heteroatoms. The number of amides is 2. The van der Waals surface area contributed by atoms with E-state index in [9.17, 15) is 22.8 Å². The summed E-state index contributed by atoms with van der Waals surface area (Å²) in [5.74, 6) is 0.132. The highest BCUT2D eigenvalue weighted by molar-refractivity contribution is 5.77. The first-order valence-corrected chi connectivity index (χ1v) is 15.1. The lowest BCUT2D eigenvalue weighted by Gasteiger charge is -2.33. The molecule has 1 aliphatic heterocycles. The summed E-state index contributed by atoms with van der Waals surface area (Å²) in [6, 6.07) is 13.4. The van der Waals surface area contributed by atoms with Crippen molar-refractivity contribution in [3.8, 4) is 0 Å². The maximum atomic E-state index is 13.9. The largest absolute Gasteiger partial charge is 0.444 e. The van der Waals surface area contributed by atoms with Crippen LogP contribution in [0.3, 0.4) is 0 Å². The smallest absolute Gasteiger partial charge is 0.419 e. The molecule has 1 fully saturated rings. The van der Waals surface area contributed by atoms with E-state index >= 15 is 0 Å². The van der Waals surface area contributed by atoms with Crippen molar-refractivity contribution in [2.75, 3.05) is 13.1 Å². The van der Waals surface area contributed by atoms with Crippen molar-refractivity contribution in [3.05, 3.63) is 93.6 Å². The number of nitrogens with zero attached hydrogens (tertiary/aromatic N) is 3. The summed E-state index contributed by atoms with van der Waals surface area (Å²) in [6.45, 7) is 8.87. The summed E-state index contributed by atoms with van der Waals surface area (Å²) in [7, 11) is 0. The lowest BCUT2D eigenvalue weighted by molar-refractivity contribution is -0.138. The lowest BCUT2D eigenvalue weighted by atomic mass is 9.87. The molecule has 0 saturated carbocycles. The molecule has 2 N–H and O–H groups in total. The van der Waals surface area contributed by atoms with Gasteiger partial charge in [0.2, 0.25) is 5.91 Å². The molecule has 1 aliphatic rings. The number of ether oxygens (including phenoxy) is 1. The summed E-state index contributed by atoms with van der Waals surface area (Å²) in [5, 5.41) is 0. The van der Waals surface area contributed by atoms with Gasteiger partial charge in [-0.2, -0.15) is 13.2 Å². The minimum Gasteiger partial charge on any atom is -0.444 e. The number of hydrogen-bond acceptors (Lipinski definition) is 5. The zero-order valence-electron chi connectivity index (χ0n) is 25.8. The van der Waals surface area contributed by atoms with Gasteiger partial charge >= 0.3 is 12.3 Å². The zero-order valence-corrected chi connectivity index (χ0v) is 25.8. The van der Waals surface area contributed by atoms with Gasteiger partial charge in [-0.05, 0) is 86.6 Å². The third-order valence-corrected chi connectivity index (χ3v) is 7.92. The Hall–Kier alpha value is -3.95. The van der Waals surface area contributed by atoms with Crippen LogP contribution in [0.5, 0.6) is 0 Å². The molecule has 0 unspecified atom stereocenters. The van der Waals surface area contributed by atoms with Crippen LogP contribution in [0.1, 0.15) is 91.4 Å². The van der Waals surface area contributed by atoms with Crippen LogP contribution >= 0.6 is 0 Å². The van der Waals surface area contributed by atoms with Gasteiger partial charge in [0, 0.05) is 25.7 Å². The number of aryl methyl sites for hydroxylation is 3. The molecule has 7 nitrogen and oxygen atoms in total. The van der Waals surface area contributed by atoms with E-state index in [0.29, 0.717) is 36.8 Å². The zero-order chi connectivity index (χ0) is 32.1. The van der Waals surface area contributed by atoms with Gasteiger partial charge in [0.1, 0.15) is 11.4 Å². The second-order valence-corrected chi connectivity index (χ2v) is 12.4. The summed E-state index contributed by atoms with van der Waals surface area (Å²) < 4.78 is 47.2. The van der Waals surface area contributed by atoms with E-state index < -0.39 is 23.2 Å². The van der Waals surface area contributed by atoms with Gasteiger partial charge in [-0.3, -0.25) is 4.79 Å². The second-order valence-electron chi connectivity index (χ2n) is 12.4. The normalized spacial score (nSPS) is 14.5. The van der Waals surface area contributed by atoms with Crippen LogP contribution in [0, 0.1) is 0 Å². The fourth-order valence-corrected chi connectivity index (χ4v) is 5.68. The Bertz CT molecular complexity index is 1480. The minimum atomic E-state index is -4.59. The van der Waals surface area contributed by atoms with E-state index in [1.54, 1.807) is 29.2 Å². The molecule has 236 valence electrons. The van der Waals surface area contributed by atoms with Crippen molar-refractivity contribution >= 4 is 12.0 Å². The number of benzene rings is 2. The maximum Gasteiger partial charge on any atom is 0.419 e. The summed E-state index contributed by atoms with van der Waals surface area (Å²) in [4.78, 5) is 34.2. The molecule has 2 amide bonds. The third-order valence-electron chi connectivity index (χ3n) is 7.92. The summed E-state index contributed by atoms with van der Waals surface area (Å²) >= 11 is 0. The highest BCUT2D eigenvalue weighted by Crippen LogP contribution is 2.33. The SMILES string of the molecule is CCc1cc(C2CCN(C(=O)OC(C)(C)C)CC2)ccc1Cc1ncc(C(F)(F)F)c(CCc2ccccc2CC(N)=O)n1. The topological polar surface area (TPSA) is 98.4 Å². The molecule has 0 bridgehead atoms. The summed E-state index contributed by atoms with van der Waals surface area (Å²) in [5.41, 5.74) is 8.64. The van der Waals surface area contributed by atoms with Crippen molar-refractivity contribution in [3.63, 3.8) is 0 Å². The minimum absolute atomic E-state index is 0.0238. The predicted molar refractivity (Wildman–Crippen MR) is 162 cm³/mol. The number of piperidine rings is 1. The number of likely N-dealkylation sites (tertiary alicyclic amines) is 1. The average molecular weight is 611 g/mol. The number of carbonyl (C=O) groups excluding carboxylic acids is 2. The van der Waals surface area contributed by atoms with Crippen LogP contribution in [0.25, 0.3) is 0 Å². The number of hydrogen-bond donors (Lipinski definition) is 1. The Kier molecular flexibility index (Phi) is 10.3. The molecular weight excluding hydrogens is 569 g/mol. The maximum absolute atomic E-state index is 13.9. The van der Waals surface area contributed by atoms with Crippen LogP contribution in [0.2, 0.25) is 0 Å². The Morgan fingerprint density at radius 1 is 0.977 bits per heavy atom. The van der Waals surface area contributed by atoms with Crippen LogP contribution < -0.4 is 5.73 Å². The molecule has 2 heterocycles. The van der Waals surface area contributed by atoms with E-state index in [4.69, 9.17) is 10.5 Å². The van der Waals surface area contributed by atoms with Gasteiger partial charge in [-0.25, -0.2) is 14.8 Å². The Balaban J connectivity index is 1.49. The number of nitrogens with two attached hydrogens (primary N) is 1. The number of primary amides is 1. The van der Waals surface area contributed by atoms with Gasteiger partial charge in [-0.15, -0.1) is 0 Å². The highest BCUT2D eigenvalue weighted by atomic mass is 19.4. The molecule has 0 radical (unpaired) electrons. The van der Waals surface area contributed by atoms with Gasteiger partial charge in [0.25, 0.3) is 0 Å². The van der Waals surface area contributed by atoms with Crippen molar-refractivity contribution in [1.82, 2.24) is 14.9 Å². The van der Waals surface area contributed by atoms with Crippen molar-refractivity contribution in [1.29, 1.82) is 0 Å². The number of halogens is 3. The molecular formula is C34H41F3N4O3. The average Bonchev–Trinajstić information content (AvgIpc) is 2.95. The Labute approximate surface area is 257 Å². The molecule has 44 heavy (non-hydrogen) atoms. The fourth-order valence-electron chi connectivity index (χ4n) is 5.68. The van der Waals surface area contributed by atoms with Gasteiger partial charge in [0.15, 0.2) is 0 Å². The summed E-state index contributed by atoms with van der Waals surface area (Å²) in [6.07, 6.45) is -0.922. The van der Waals surface area contributed by atoms with Gasteiger partial charge < -0.3 is 15.4 Å². The molecule has 0 spiro atoms. The van der Waals surface area contributed by atoms with Crippen molar-refractivity contribution in [2.24, 2.45) is 5.73 Å². The monoisotopic (exact) mass is 610 g/mol. The number of alkyl halides is 3. The van der Waals surface area contributed by atoms with Crippen LogP contribution in [-0.2, 0) is 47.8 Å². The highest BCUT2D eigenvalue weighted by Gasteiger charge is 2.35.